The highest BCUT2D eigenvalue weighted by Crippen LogP contribution is 2.33. The van der Waals surface area contributed by atoms with Crippen LogP contribution in [-0.4, -0.2) is 77.1 Å². The van der Waals surface area contributed by atoms with E-state index >= 15 is 0 Å². The lowest BCUT2D eigenvalue weighted by Crippen LogP contribution is -2.43. The van der Waals surface area contributed by atoms with Crippen molar-refractivity contribution in [1.82, 2.24) is 9.61 Å². The fraction of sp³-hybridized carbons (Fsp3) is 0.409. The highest BCUT2D eigenvalue weighted by molar-refractivity contribution is 6.50. The quantitative estimate of drug-likeness (QED) is 0.440. The van der Waals surface area contributed by atoms with E-state index in [1.807, 2.05) is 24.4 Å². The molecule has 0 spiro atoms. The maximum atomic E-state index is 9.03. The maximum Gasteiger partial charge on any atom is 0.260 e. The minimum absolute atomic E-state index is 0.114. The zero-order chi connectivity index (χ0) is 21.8. The van der Waals surface area contributed by atoms with E-state index < -0.39 is 0 Å². The number of quaternary nitrogens is 1. The summed E-state index contributed by atoms with van der Waals surface area (Å²) in [4.78, 5) is 4.71. The molecule has 4 rings (SSSR count). The van der Waals surface area contributed by atoms with Crippen molar-refractivity contribution in [3.05, 3.63) is 48.0 Å². The summed E-state index contributed by atoms with van der Waals surface area (Å²) in [5.74, 6) is 0.820. The van der Waals surface area contributed by atoms with Gasteiger partial charge in [-0.2, -0.15) is 0 Å². The summed E-state index contributed by atoms with van der Waals surface area (Å²) in [6.45, 7) is 3.80. The first kappa shape index (κ1) is 21.1. The molecule has 0 amide bonds. The van der Waals surface area contributed by atoms with Crippen molar-refractivity contribution in [3.8, 4) is 5.88 Å². The molecule has 0 aromatic carbocycles. The predicted octanol–water partition coefficient (Wildman–Crippen LogP) is 1.79. The molecule has 4 N–H and O–H groups in total. The summed E-state index contributed by atoms with van der Waals surface area (Å²) in [5.41, 5.74) is 8.20. The molecule has 0 radical (unpaired) electrons. The molecule has 2 aliphatic rings. The Kier molecular flexibility index (Phi) is 6.06. The number of aliphatic hydroxyl groups is 1. The first-order chi connectivity index (χ1) is 15.0. The van der Waals surface area contributed by atoms with E-state index in [1.165, 1.54) is 32.0 Å². The average Bonchev–Trinajstić information content (AvgIpc) is 3.33. The number of hydrogen-bond acceptors (Lipinski definition) is 7. The second kappa shape index (κ2) is 8.91. The Morgan fingerprint density at radius 3 is 2.81 bits per heavy atom. The van der Waals surface area contributed by atoms with Crippen molar-refractivity contribution in [3.63, 3.8) is 0 Å². The van der Waals surface area contributed by atoms with Gasteiger partial charge in [-0.1, -0.05) is 6.07 Å². The lowest BCUT2D eigenvalue weighted by Gasteiger charge is -2.28. The van der Waals surface area contributed by atoms with E-state index in [0.717, 1.165) is 16.5 Å². The van der Waals surface area contributed by atoms with Gasteiger partial charge in [-0.05, 0) is 18.2 Å². The molecule has 0 saturated carbocycles. The Bertz CT molecular complexity index is 1060. The van der Waals surface area contributed by atoms with Crippen LogP contribution in [0.3, 0.4) is 0 Å². The number of nitrogens with one attached hydrogen (secondary N) is 1. The van der Waals surface area contributed by atoms with Crippen LogP contribution in [0.15, 0.2) is 53.0 Å². The van der Waals surface area contributed by atoms with Crippen LogP contribution in [0.25, 0.3) is 5.52 Å². The Morgan fingerprint density at radius 2 is 2.03 bits per heavy atom. The second-order valence-corrected chi connectivity index (χ2v) is 8.12. The third kappa shape index (κ3) is 4.62. The van der Waals surface area contributed by atoms with E-state index in [2.05, 4.69) is 12.1 Å². The molecule has 164 valence electrons. The number of hydrogen-bond donors (Lipinski definition) is 3. The summed E-state index contributed by atoms with van der Waals surface area (Å²) < 4.78 is 14.3. The number of aromatic nitrogens is 2. The van der Waals surface area contributed by atoms with Crippen LogP contribution in [0.1, 0.15) is 12.8 Å². The third-order valence-electron chi connectivity index (χ3n) is 5.71. The highest BCUT2D eigenvalue weighted by atomic mass is 16.5. The lowest BCUT2D eigenvalue weighted by atomic mass is 10.1. The summed E-state index contributed by atoms with van der Waals surface area (Å²) in [7, 11) is 2.26. The molecule has 0 unspecified atom stereocenters. The first-order valence-corrected chi connectivity index (χ1v) is 10.5. The van der Waals surface area contributed by atoms with Gasteiger partial charge in [0.15, 0.2) is 5.69 Å². The summed E-state index contributed by atoms with van der Waals surface area (Å²) in [6.07, 6.45) is 7.47. The van der Waals surface area contributed by atoms with Crippen molar-refractivity contribution in [2.45, 2.75) is 12.8 Å². The van der Waals surface area contributed by atoms with Crippen LogP contribution >= 0.6 is 0 Å². The van der Waals surface area contributed by atoms with Crippen molar-refractivity contribution in [2.75, 3.05) is 46.5 Å². The van der Waals surface area contributed by atoms with Crippen LogP contribution in [0.2, 0.25) is 0 Å². The number of nitrogens with zero attached hydrogens (tertiary/aromatic N) is 4. The highest BCUT2D eigenvalue weighted by Gasteiger charge is 2.27. The number of allylic oxidation sites excluding steroid dienone is 2. The molecule has 1 aliphatic carbocycles. The molecule has 9 nitrogen and oxygen atoms in total. The first-order valence-electron chi connectivity index (χ1n) is 10.5. The van der Waals surface area contributed by atoms with Crippen molar-refractivity contribution in [2.24, 2.45) is 10.7 Å². The van der Waals surface area contributed by atoms with E-state index in [1.54, 1.807) is 10.6 Å². The molecule has 0 bridgehead atoms. The third-order valence-corrected chi connectivity index (χ3v) is 5.71. The SMILES string of the molecule is C[N+]1(CCOc2nn3ccccc3c2N=C2C=C(OCCO)C(N)=CC2=N)CCCC1. The van der Waals surface area contributed by atoms with Gasteiger partial charge in [-0.3, -0.25) is 5.41 Å². The molecule has 0 atom stereocenters. The summed E-state index contributed by atoms with van der Waals surface area (Å²) >= 11 is 0. The number of likely N-dealkylation sites (tertiary alicyclic amines) is 1. The minimum Gasteiger partial charge on any atom is -0.489 e. The normalized spacial score (nSPS) is 19.5. The van der Waals surface area contributed by atoms with Crippen LogP contribution in [0.4, 0.5) is 5.69 Å². The largest absolute Gasteiger partial charge is 0.489 e. The van der Waals surface area contributed by atoms with E-state index in [9.17, 15) is 0 Å². The molecule has 1 fully saturated rings. The van der Waals surface area contributed by atoms with Crippen LogP contribution < -0.4 is 10.5 Å². The molecule has 3 heterocycles. The van der Waals surface area contributed by atoms with Gasteiger partial charge < -0.3 is 24.8 Å². The maximum absolute atomic E-state index is 9.03. The minimum atomic E-state index is -0.127. The Hall–Kier alpha value is -3.17. The van der Waals surface area contributed by atoms with Crippen molar-refractivity contribution >= 4 is 22.6 Å². The molecule has 1 aliphatic heterocycles. The smallest absolute Gasteiger partial charge is 0.260 e. The molecule has 2 aromatic rings. The predicted molar refractivity (Wildman–Crippen MR) is 119 cm³/mol. The Morgan fingerprint density at radius 1 is 1.23 bits per heavy atom. The van der Waals surface area contributed by atoms with Crippen LogP contribution in [0, 0.1) is 5.41 Å². The fourth-order valence-electron chi connectivity index (χ4n) is 3.93. The Balaban J connectivity index is 1.63. The zero-order valence-corrected chi connectivity index (χ0v) is 17.8. The average molecular weight is 426 g/mol. The topological polar surface area (TPSA) is 118 Å². The number of pyridine rings is 1. The molecule has 1 saturated heterocycles. The van der Waals surface area contributed by atoms with E-state index in [4.69, 9.17) is 30.7 Å². The van der Waals surface area contributed by atoms with E-state index in [-0.39, 0.29) is 18.9 Å². The van der Waals surface area contributed by atoms with Gasteiger partial charge in [0.05, 0.1) is 49.4 Å². The molecule has 2 aromatic heterocycles. The number of aliphatic imine (C=N–C) groups is 1. The van der Waals surface area contributed by atoms with Crippen molar-refractivity contribution < 1.29 is 19.1 Å². The number of nitrogens with two attached hydrogens (primary N) is 1. The standard InChI is InChI=1S/C22H29N6O3/c1-28(8-4-5-9-28)10-12-31-22-21(19-6-2-3-7-27(19)26-22)25-18-15-20(30-13-11-29)17(24)14-16(18)23/h2-3,6-7,14-15,23,29H,4-5,8-13,24H2,1H3/q+1. The summed E-state index contributed by atoms with van der Waals surface area (Å²) in [5, 5.41) is 21.9. The second-order valence-electron chi connectivity index (χ2n) is 8.12. The summed E-state index contributed by atoms with van der Waals surface area (Å²) in [6, 6.07) is 5.72. The van der Waals surface area contributed by atoms with Gasteiger partial charge in [0.25, 0.3) is 5.88 Å². The molecule has 9 heteroatoms. The van der Waals surface area contributed by atoms with Gasteiger partial charge in [-0.25, -0.2) is 9.51 Å². The van der Waals surface area contributed by atoms with Gasteiger partial charge in [0.1, 0.15) is 25.5 Å². The van der Waals surface area contributed by atoms with Gasteiger partial charge in [0.2, 0.25) is 0 Å². The Labute approximate surface area is 181 Å². The van der Waals surface area contributed by atoms with E-state index in [0.29, 0.717) is 35.3 Å². The number of rotatable bonds is 8. The number of ether oxygens (including phenoxy) is 2. The van der Waals surface area contributed by atoms with Gasteiger partial charge in [-0.15, -0.1) is 5.10 Å². The number of fused-ring (bicyclic) bond motifs is 1. The fourth-order valence-corrected chi connectivity index (χ4v) is 3.93. The number of likely N-dealkylation sites (N-methyl/N-ethyl adjacent to an activating group) is 1. The molecule has 31 heavy (non-hydrogen) atoms. The van der Waals surface area contributed by atoms with Crippen LogP contribution in [-0.2, 0) is 4.74 Å². The van der Waals surface area contributed by atoms with Crippen molar-refractivity contribution in [1.29, 1.82) is 5.41 Å². The number of aliphatic hydroxyl groups excluding tert-OH is 1. The molecular weight excluding hydrogens is 396 g/mol. The molecular formula is C22H29N6O3+. The van der Waals surface area contributed by atoms with Crippen LogP contribution in [0.5, 0.6) is 5.88 Å². The lowest BCUT2D eigenvalue weighted by molar-refractivity contribution is -0.897. The van der Waals surface area contributed by atoms with Gasteiger partial charge in [0, 0.05) is 25.1 Å². The zero-order valence-electron chi connectivity index (χ0n) is 17.8. The van der Waals surface area contributed by atoms with Gasteiger partial charge >= 0.3 is 0 Å². The monoisotopic (exact) mass is 425 g/mol.